The first kappa shape index (κ1) is 26.6. The number of rotatable bonds is 4. The van der Waals surface area contributed by atoms with Crippen LogP contribution in [-0.4, -0.2) is 45.0 Å². The van der Waals surface area contributed by atoms with Crippen LogP contribution in [0, 0.1) is 0 Å². The van der Waals surface area contributed by atoms with Crippen molar-refractivity contribution < 1.29 is 17.6 Å². The SMILES string of the molecule is CN1CCC[C@@H]1c1ncc(-c2ccc3c(c2)C(F)(F)C(F)(F)c2cc(-c4ccc5nc(C6CCCN6)[nH]c5c4)ccc2-3)[nH]1. The first-order valence-electron chi connectivity index (χ1n) is 14.7. The molecule has 1 unspecified atom stereocenters. The van der Waals surface area contributed by atoms with E-state index >= 15 is 17.6 Å². The number of hydrogen-bond donors (Lipinski definition) is 3. The van der Waals surface area contributed by atoms with Crippen molar-refractivity contribution in [3.05, 3.63) is 83.6 Å². The van der Waals surface area contributed by atoms with Crippen LogP contribution in [0.5, 0.6) is 0 Å². The van der Waals surface area contributed by atoms with Crippen molar-refractivity contribution in [2.75, 3.05) is 20.1 Å². The summed E-state index contributed by atoms with van der Waals surface area (Å²) in [5, 5.41) is 3.41. The second-order valence-corrected chi connectivity index (χ2v) is 12.0. The lowest BCUT2D eigenvalue weighted by Gasteiger charge is -2.35. The van der Waals surface area contributed by atoms with Gasteiger partial charge in [0.15, 0.2) is 0 Å². The molecule has 2 atom stereocenters. The van der Waals surface area contributed by atoms with Gasteiger partial charge in [-0.25, -0.2) is 9.97 Å². The fourth-order valence-corrected chi connectivity index (χ4v) is 6.96. The Labute approximate surface area is 245 Å². The molecule has 2 aromatic heterocycles. The zero-order valence-corrected chi connectivity index (χ0v) is 23.5. The van der Waals surface area contributed by atoms with Crippen LogP contribution in [0.4, 0.5) is 17.6 Å². The highest BCUT2D eigenvalue weighted by Crippen LogP contribution is 2.58. The van der Waals surface area contributed by atoms with E-state index in [9.17, 15) is 0 Å². The lowest BCUT2D eigenvalue weighted by molar-refractivity contribution is -0.225. The van der Waals surface area contributed by atoms with Crippen molar-refractivity contribution >= 4 is 11.0 Å². The minimum Gasteiger partial charge on any atom is -0.341 e. The third kappa shape index (κ3) is 4.06. The molecule has 4 heterocycles. The van der Waals surface area contributed by atoms with Crippen molar-refractivity contribution in [2.24, 2.45) is 0 Å². The molecule has 5 aromatic rings. The zero-order chi connectivity index (χ0) is 29.5. The van der Waals surface area contributed by atoms with Crippen LogP contribution in [0.2, 0.25) is 0 Å². The maximum Gasteiger partial charge on any atom is 0.340 e. The van der Waals surface area contributed by atoms with Crippen molar-refractivity contribution in [2.45, 2.75) is 49.6 Å². The molecule has 0 radical (unpaired) electrons. The number of alkyl halides is 4. The van der Waals surface area contributed by atoms with Crippen molar-refractivity contribution in [1.29, 1.82) is 0 Å². The number of fused-ring (bicyclic) bond motifs is 4. The number of hydrogen-bond acceptors (Lipinski definition) is 4. The maximum absolute atomic E-state index is 15.8. The van der Waals surface area contributed by atoms with Crippen LogP contribution in [0.15, 0.2) is 60.8 Å². The fourth-order valence-electron chi connectivity index (χ4n) is 6.96. The highest BCUT2D eigenvalue weighted by Gasteiger charge is 2.62. The molecule has 0 spiro atoms. The van der Waals surface area contributed by atoms with E-state index in [-0.39, 0.29) is 23.2 Å². The maximum atomic E-state index is 15.8. The first-order valence-corrected chi connectivity index (χ1v) is 14.7. The van der Waals surface area contributed by atoms with E-state index in [2.05, 4.69) is 30.2 Å². The number of likely N-dealkylation sites (tertiary alicyclic amines) is 1. The standard InChI is InChI=1S/C33H30F4N6/c1-43-13-3-5-29(43)31-39-17-28(42-31)20-7-10-22-21-9-6-18(14-23(21)32(34,35)33(36,37)24(22)15-20)19-8-11-25-27(16-19)41-30(40-25)26-4-2-12-38-26/h6-11,14-17,26,29,38H,2-5,12-13H2,1H3,(H,39,42)(H,40,41)/t26?,29-/m1/s1. The summed E-state index contributed by atoms with van der Waals surface area (Å²) in [6, 6.07) is 14.6. The predicted octanol–water partition coefficient (Wildman–Crippen LogP) is 7.68. The van der Waals surface area contributed by atoms with Gasteiger partial charge in [0.25, 0.3) is 0 Å². The molecule has 0 amide bonds. The summed E-state index contributed by atoms with van der Waals surface area (Å²) >= 11 is 0. The van der Waals surface area contributed by atoms with Crippen LogP contribution >= 0.6 is 0 Å². The molecule has 2 fully saturated rings. The van der Waals surface area contributed by atoms with E-state index in [1.807, 2.05) is 19.2 Å². The molecule has 1 aliphatic carbocycles. The molecule has 3 aromatic carbocycles. The molecule has 6 nitrogen and oxygen atoms in total. The Morgan fingerprint density at radius 1 is 0.791 bits per heavy atom. The number of aromatic amines is 2. The Morgan fingerprint density at radius 3 is 2.19 bits per heavy atom. The van der Waals surface area contributed by atoms with Gasteiger partial charge in [-0.1, -0.05) is 30.3 Å². The number of nitrogens with one attached hydrogen (secondary N) is 3. The monoisotopic (exact) mass is 586 g/mol. The molecule has 43 heavy (non-hydrogen) atoms. The lowest BCUT2D eigenvalue weighted by Crippen LogP contribution is -2.39. The topological polar surface area (TPSA) is 72.6 Å². The average molecular weight is 587 g/mol. The van der Waals surface area contributed by atoms with Gasteiger partial charge >= 0.3 is 11.8 Å². The molecule has 220 valence electrons. The highest BCUT2D eigenvalue weighted by molar-refractivity contribution is 5.85. The molecule has 8 rings (SSSR count). The molecule has 10 heteroatoms. The minimum absolute atomic E-state index is 0.106. The summed E-state index contributed by atoms with van der Waals surface area (Å²) in [5.41, 5.74) is 2.40. The molecule has 3 aliphatic rings. The summed E-state index contributed by atoms with van der Waals surface area (Å²) < 4.78 is 63.0. The first-order chi connectivity index (χ1) is 20.7. The van der Waals surface area contributed by atoms with E-state index in [0.29, 0.717) is 22.4 Å². The summed E-state index contributed by atoms with van der Waals surface area (Å²) in [6.07, 6.45) is 5.66. The van der Waals surface area contributed by atoms with E-state index < -0.39 is 23.0 Å². The Kier molecular flexibility index (Phi) is 5.87. The van der Waals surface area contributed by atoms with Gasteiger partial charge in [0.05, 0.1) is 35.0 Å². The highest BCUT2D eigenvalue weighted by atomic mass is 19.3. The van der Waals surface area contributed by atoms with Crippen LogP contribution < -0.4 is 5.32 Å². The molecule has 2 aliphatic heterocycles. The zero-order valence-electron chi connectivity index (χ0n) is 23.5. The van der Waals surface area contributed by atoms with Gasteiger partial charge in [-0.3, -0.25) is 4.90 Å². The third-order valence-electron chi connectivity index (χ3n) is 9.37. The van der Waals surface area contributed by atoms with Gasteiger partial charge in [0.2, 0.25) is 0 Å². The number of benzene rings is 3. The number of halogens is 4. The van der Waals surface area contributed by atoms with Gasteiger partial charge in [0.1, 0.15) is 11.6 Å². The number of H-pyrrole nitrogens is 2. The largest absolute Gasteiger partial charge is 0.341 e. The van der Waals surface area contributed by atoms with Gasteiger partial charge in [-0.2, -0.15) is 17.6 Å². The van der Waals surface area contributed by atoms with Crippen molar-refractivity contribution in [1.82, 2.24) is 30.2 Å². The number of nitrogens with zero attached hydrogens (tertiary/aromatic N) is 3. The van der Waals surface area contributed by atoms with Crippen LogP contribution in [0.1, 0.15) is 60.5 Å². The average Bonchev–Trinajstić information content (AvgIpc) is 3.82. The van der Waals surface area contributed by atoms with Gasteiger partial charge < -0.3 is 15.3 Å². The van der Waals surface area contributed by atoms with Gasteiger partial charge in [0, 0.05) is 16.7 Å². The molecule has 3 N–H and O–H groups in total. The predicted molar refractivity (Wildman–Crippen MR) is 157 cm³/mol. The van der Waals surface area contributed by atoms with E-state index in [1.54, 1.807) is 24.4 Å². The smallest absolute Gasteiger partial charge is 0.340 e. The minimum atomic E-state index is -4.41. The second kappa shape index (κ2) is 9.49. The Balaban J connectivity index is 1.17. The van der Waals surface area contributed by atoms with Gasteiger partial charge in [-0.05, 0) is 92.3 Å². The fraction of sp³-hybridized carbons (Fsp3) is 0.333. The summed E-state index contributed by atoms with van der Waals surface area (Å²) in [5.74, 6) is -7.22. The Morgan fingerprint density at radius 2 is 1.49 bits per heavy atom. The number of imidazole rings is 2. The third-order valence-corrected chi connectivity index (χ3v) is 9.37. The molecular weight excluding hydrogens is 556 g/mol. The van der Waals surface area contributed by atoms with Crippen LogP contribution in [0.3, 0.4) is 0 Å². The molecule has 0 bridgehead atoms. The molecule has 0 saturated carbocycles. The van der Waals surface area contributed by atoms with Gasteiger partial charge in [-0.15, -0.1) is 0 Å². The van der Waals surface area contributed by atoms with Crippen molar-refractivity contribution in [3.63, 3.8) is 0 Å². The van der Waals surface area contributed by atoms with Crippen molar-refractivity contribution in [3.8, 4) is 33.5 Å². The Bertz CT molecular complexity index is 1870. The normalized spacial score (nSPS) is 22.6. The summed E-state index contributed by atoms with van der Waals surface area (Å²) in [4.78, 5) is 17.9. The number of aromatic nitrogens is 4. The second-order valence-electron chi connectivity index (χ2n) is 12.0. The summed E-state index contributed by atoms with van der Waals surface area (Å²) in [7, 11) is 2.02. The van der Waals surface area contributed by atoms with Crippen LogP contribution in [-0.2, 0) is 11.8 Å². The molecule has 2 saturated heterocycles. The van der Waals surface area contributed by atoms with E-state index in [0.717, 1.165) is 61.5 Å². The van der Waals surface area contributed by atoms with E-state index in [1.165, 1.54) is 24.3 Å². The molecular formula is C33H30F4N6. The van der Waals surface area contributed by atoms with Crippen LogP contribution in [0.25, 0.3) is 44.5 Å². The summed E-state index contributed by atoms with van der Waals surface area (Å²) in [6.45, 7) is 1.90. The van der Waals surface area contributed by atoms with E-state index in [4.69, 9.17) is 0 Å². The Hall–Kier alpha value is -4.02. The lowest BCUT2D eigenvalue weighted by atomic mass is 9.78. The quantitative estimate of drug-likeness (QED) is 0.189.